The third-order valence-electron chi connectivity index (χ3n) is 4.15. The van der Waals surface area contributed by atoms with Crippen LogP contribution in [-0.2, 0) is 10.2 Å². The van der Waals surface area contributed by atoms with E-state index in [2.05, 4.69) is 0 Å². The Morgan fingerprint density at radius 3 is 2.55 bits per heavy atom. The Kier molecular flexibility index (Phi) is 4.78. The van der Waals surface area contributed by atoms with Gasteiger partial charge in [-0.2, -0.15) is 0 Å². The van der Waals surface area contributed by atoms with Crippen LogP contribution in [0.4, 0.5) is 4.79 Å². The largest absolute Gasteiger partial charge is 0.444 e. The fourth-order valence-electron chi connectivity index (χ4n) is 2.95. The molecule has 0 bridgehead atoms. The number of carbonyl (C=O) groups is 1. The molecule has 5 nitrogen and oxygen atoms in total. The molecule has 22 heavy (non-hydrogen) atoms. The van der Waals surface area contributed by atoms with Gasteiger partial charge in [-0.15, -0.1) is 0 Å². The van der Waals surface area contributed by atoms with Crippen LogP contribution in [0.2, 0.25) is 0 Å². The summed E-state index contributed by atoms with van der Waals surface area (Å²) in [6.07, 6.45) is 0.336. The molecule has 0 aliphatic carbocycles. The molecule has 1 saturated heterocycles. The Bertz CT molecular complexity index is 512. The average molecular weight is 306 g/mol. The van der Waals surface area contributed by atoms with Gasteiger partial charge in [-0.1, -0.05) is 30.3 Å². The van der Waals surface area contributed by atoms with Crippen molar-refractivity contribution in [1.29, 1.82) is 0 Å². The SMILES string of the molecule is CC(C)(C)OC(=O)N1CCC(CO)(c2ccccc2)CC1N. The van der Waals surface area contributed by atoms with Crippen LogP contribution in [-0.4, -0.2) is 41.0 Å². The van der Waals surface area contributed by atoms with Crippen molar-refractivity contribution in [3.8, 4) is 0 Å². The Morgan fingerprint density at radius 1 is 1.41 bits per heavy atom. The zero-order chi connectivity index (χ0) is 16.4. The van der Waals surface area contributed by atoms with Crippen LogP contribution in [0.25, 0.3) is 0 Å². The number of hydrogen-bond acceptors (Lipinski definition) is 4. The van der Waals surface area contributed by atoms with E-state index in [1.807, 2.05) is 51.1 Å². The van der Waals surface area contributed by atoms with Crippen LogP contribution in [0.1, 0.15) is 39.2 Å². The molecule has 1 aromatic rings. The third kappa shape index (κ3) is 3.59. The number of piperidine rings is 1. The molecule has 0 saturated carbocycles. The van der Waals surface area contributed by atoms with Gasteiger partial charge in [0.15, 0.2) is 0 Å². The summed E-state index contributed by atoms with van der Waals surface area (Å²) in [7, 11) is 0. The first kappa shape index (κ1) is 16.8. The minimum Gasteiger partial charge on any atom is -0.444 e. The Morgan fingerprint density at radius 2 is 2.05 bits per heavy atom. The predicted molar refractivity (Wildman–Crippen MR) is 85.4 cm³/mol. The Labute approximate surface area is 132 Å². The van der Waals surface area contributed by atoms with Gasteiger partial charge in [0.1, 0.15) is 5.60 Å². The van der Waals surface area contributed by atoms with Gasteiger partial charge in [-0.05, 0) is 39.2 Å². The molecular formula is C17H26N2O3. The highest BCUT2D eigenvalue weighted by Crippen LogP contribution is 2.37. The molecule has 3 N–H and O–H groups in total. The second-order valence-electron chi connectivity index (χ2n) is 7.00. The van der Waals surface area contributed by atoms with Crippen molar-refractivity contribution < 1.29 is 14.6 Å². The standard InChI is InChI=1S/C17H26N2O3/c1-16(2,3)22-15(21)19-10-9-17(12-20,11-14(19)18)13-7-5-4-6-8-13/h4-8,14,20H,9-12,18H2,1-3H3. The van der Waals surface area contributed by atoms with E-state index >= 15 is 0 Å². The summed E-state index contributed by atoms with van der Waals surface area (Å²) in [5.41, 5.74) is 6.34. The van der Waals surface area contributed by atoms with Crippen LogP contribution in [0.3, 0.4) is 0 Å². The first-order valence-electron chi connectivity index (χ1n) is 7.69. The number of aliphatic hydroxyl groups excluding tert-OH is 1. The van der Waals surface area contributed by atoms with E-state index in [9.17, 15) is 9.90 Å². The van der Waals surface area contributed by atoms with E-state index in [1.54, 1.807) is 4.90 Å². The number of amides is 1. The van der Waals surface area contributed by atoms with Crippen molar-refractivity contribution in [2.75, 3.05) is 13.2 Å². The minimum atomic E-state index is -0.540. The van der Waals surface area contributed by atoms with Gasteiger partial charge in [0.25, 0.3) is 0 Å². The maximum absolute atomic E-state index is 12.2. The normalized spacial score (nSPS) is 25.9. The lowest BCUT2D eigenvalue weighted by Crippen LogP contribution is -2.57. The Balaban J connectivity index is 2.13. The second kappa shape index (κ2) is 6.26. The molecule has 0 radical (unpaired) electrons. The Hall–Kier alpha value is -1.59. The first-order valence-corrected chi connectivity index (χ1v) is 7.69. The molecule has 2 unspecified atom stereocenters. The average Bonchev–Trinajstić information content (AvgIpc) is 2.46. The minimum absolute atomic E-state index is 0.0207. The van der Waals surface area contributed by atoms with E-state index in [0.29, 0.717) is 19.4 Å². The number of benzene rings is 1. The highest BCUT2D eigenvalue weighted by atomic mass is 16.6. The number of hydrogen-bond donors (Lipinski definition) is 2. The van der Waals surface area contributed by atoms with Crippen molar-refractivity contribution >= 4 is 6.09 Å². The van der Waals surface area contributed by atoms with E-state index in [1.165, 1.54) is 0 Å². The summed E-state index contributed by atoms with van der Waals surface area (Å²) in [5.74, 6) is 0. The van der Waals surface area contributed by atoms with Crippen molar-refractivity contribution in [3.63, 3.8) is 0 Å². The highest BCUT2D eigenvalue weighted by Gasteiger charge is 2.42. The van der Waals surface area contributed by atoms with E-state index in [0.717, 1.165) is 5.56 Å². The lowest BCUT2D eigenvalue weighted by atomic mass is 9.72. The molecular weight excluding hydrogens is 280 g/mol. The molecule has 2 atom stereocenters. The molecule has 1 heterocycles. The molecule has 122 valence electrons. The number of carbonyl (C=O) groups excluding carboxylic acids is 1. The van der Waals surface area contributed by atoms with E-state index in [4.69, 9.17) is 10.5 Å². The number of nitrogens with two attached hydrogens (primary N) is 1. The molecule has 2 rings (SSSR count). The summed E-state index contributed by atoms with van der Waals surface area (Å²) >= 11 is 0. The number of aliphatic hydroxyl groups is 1. The van der Waals surface area contributed by atoms with Crippen molar-refractivity contribution in [3.05, 3.63) is 35.9 Å². The first-order chi connectivity index (χ1) is 10.3. The van der Waals surface area contributed by atoms with Crippen molar-refractivity contribution in [2.24, 2.45) is 5.73 Å². The van der Waals surface area contributed by atoms with Crippen LogP contribution in [0, 0.1) is 0 Å². The molecule has 1 aliphatic heterocycles. The highest BCUT2D eigenvalue weighted by molar-refractivity contribution is 5.68. The second-order valence-corrected chi connectivity index (χ2v) is 7.00. The topological polar surface area (TPSA) is 75.8 Å². The predicted octanol–water partition coefficient (Wildman–Crippen LogP) is 2.23. The van der Waals surface area contributed by atoms with Gasteiger partial charge in [0.2, 0.25) is 0 Å². The fourth-order valence-corrected chi connectivity index (χ4v) is 2.95. The quantitative estimate of drug-likeness (QED) is 0.878. The third-order valence-corrected chi connectivity index (χ3v) is 4.15. The van der Waals surface area contributed by atoms with Crippen LogP contribution >= 0.6 is 0 Å². The van der Waals surface area contributed by atoms with Gasteiger partial charge in [-0.25, -0.2) is 4.79 Å². The fraction of sp³-hybridized carbons (Fsp3) is 0.588. The summed E-state index contributed by atoms with van der Waals surface area (Å²) < 4.78 is 5.40. The smallest absolute Gasteiger partial charge is 0.411 e. The van der Waals surface area contributed by atoms with Crippen LogP contribution < -0.4 is 5.73 Å². The zero-order valence-electron chi connectivity index (χ0n) is 13.6. The number of ether oxygens (including phenoxy) is 1. The molecule has 1 aromatic carbocycles. The summed E-state index contributed by atoms with van der Waals surface area (Å²) in [4.78, 5) is 13.8. The van der Waals surface area contributed by atoms with E-state index in [-0.39, 0.29) is 18.1 Å². The number of nitrogens with zero attached hydrogens (tertiary/aromatic N) is 1. The number of rotatable bonds is 2. The van der Waals surface area contributed by atoms with Crippen LogP contribution in [0.15, 0.2) is 30.3 Å². The molecule has 1 aliphatic rings. The molecule has 0 aromatic heterocycles. The van der Waals surface area contributed by atoms with Gasteiger partial charge >= 0.3 is 6.09 Å². The van der Waals surface area contributed by atoms with Crippen LogP contribution in [0.5, 0.6) is 0 Å². The summed E-state index contributed by atoms with van der Waals surface area (Å²) in [5, 5.41) is 9.93. The molecule has 1 amide bonds. The van der Waals surface area contributed by atoms with Crippen molar-refractivity contribution in [2.45, 2.75) is 50.8 Å². The molecule has 0 spiro atoms. The van der Waals surface area contributed by atoms with E-state index < -0.39 is 11.8 Å². The zero-order valence-corrected chi connectivity index (χ0v) is 13.6. The van der Waals surface area contributed by atoms with Gasteiger partial charge in [0.05, 0.1) is 12.8 Å². The van der Waals surface area contributed by atoms with Gasteiger partial charge < -0.3 is 15.6 Å². The van der Waals surface area contributed by atoms with Crippen molar-refractivity contribution in [1.82, 2.24) is 4.90 Å². The van der Waals surface area contributed by atoms with Gasteiger partial charge in [0, 0.05) is 12.0 Å². The maximum atomic E-state index is 12.2. The number of likely N-dealkylation sites (tertiary alicyclic amines) is 1. The van der Waals surface area contributed by atoms with Gasteiger partial charge in [-0.3, -0.25) is 4.90 Å². The maximum Gasteiger partial charge on any atom is 0.411 e. The summed E-state index contributed by atoms with van der Waals surface area (Å²) in [6, 6.07) is 9.87. The molecule has 5 heteroatoms. The molecule has 1 fully saturated rings. The lowest BCUT2D eigenvalue weighted by molar-refractivity contribution is -0.00354. The lowest BCUT2D eigenvalue weighted by Gasteiger charge is -2.44. The summed E-state index contributed by atoms with van der Waals surface area (Å²) in [6.45, 7) is 6.01. The monoisotopic (exact) mass is 306 g/mol.